The van der Waals surface area contributed by atoms with Crippen molar-refractivity contribution in [3.8, 4) is 0 Å². The molecule has 0 fully saturated rings. The van der Waals surface area contributed by atoms with Crippen LogP contribution in [0, 0.1) is 13.8 Å². The Bertz CT molecular complexity index is 683. The van der Waals surface area contributed by atoms with Crippen LogP contribution in [0.15, 0.2) is 46.5 Å². The maximum atomic E-state index is 12.6. The first kappa shape index (κ1) is 16.6. The molecule has 0 atom stereocenters. The molecule has 1 heterocycles. The van der Waals surface area contributed by atoms with Gasteiger partial charge in [-0.1, -0.05) is 17.8 Å². The zero-order valence-electron chi connectivity index (χ0n) is 13.8. The van der Waals surface area contributed by atoms with Crippen molar-refractivity contribution in [2.75, 3.05) is 7.05 Å². The quantitative estimate of drug-likeness (QED) is 0.842. The van der Waals surface area contributed by atoms with Crippen LogP contribution in [0.25, 0.3) is 0 Å². The van der Waals surface area contributed by atoms with Crippen molar-refractivity contribution in [3.05, 3.63) is 53.2 Å². The second-order valence-electron chi connectivity index (χ2n) is 5.71. The van der Waals surface area contributed by atoms with Gasteiger partial charge in [0, 0.05) is 24.2 Å². The number of carbonyl (C=O) groups is 1. The van der Waals surface area contributed by atoms with E-state index >= 15 is 0 Å². The van der Waals surface area contributed by atoms with Crippen LogP contribution >= 0.6 is 11.8 Å². The van der Waals surface area contributed by atoms with Crippen molar-refractivity contribution in [2.45, 2.75) is 43.7 Å². The summed E-state index contributed by atoms with van der Waals surface area (Å²) < 4.78 is 0. The van der Waals surface area contributed by atoms with Crippen molar-refractivity contribution < 1.29 is 4.79 Å². The van der Waals surface area contributed by atoms with Crippen molar-refractivity contribution in [1.82, 2.24) is 9.88 Å². The smallest absolute Gasteiger partial charge is 0.256 e. The van der Waals surface area contributed by atoms with Crippen LogP contribution in [-0.4, -0.2) is 28.9 Å². The summed E-state index contributed by atoms with van der Waals surface area (Å²) in [5.41, 5.74) is 3.16. The predicted octanol–water partition coefficient (Wildman–Crippen LogP) is 4.33. The van der Waals surface area contributed by atoms with Gasteiger partial charge in [0.25, 0.3) is 5.91 Å². The van der Waals surface area contributed by atoms with E-state index in [1.54, 1.807) is 11.1 Å². The van der Waals surface area contributed by atoms with Crippen LogP contribution in [-0.2, 0) is 0 Å². The molecule has 0 unspecified atom stereocenters. The lowest BCUT2D eigenvalue weighted by Crippen LogP contribution is -2.33. The van der Waals surface area contributed by atoms with Crippen LogP contribution in [0.2, 0.25) is 0 Å². The number of carbonyl (C=O) groups excluding carboxylic acids is 1. The average Bonchev–Trinajstić information content (AvgIpc) is 2.50. The molecule has 2 rings (SSSR count). The monoisotopic (exact) mass is 314 g/mol. The molecule has 4 heteroatoms. The third kappa shape index (κ3) is 3.69. The largest absolute Gasteiger partial charge is 0.339 e. The van der Waals surface area contributed by atoms with Gasteiger partial charge < -0.3 is 4.90 Å². The van der Waals surface area contributed by atoms with Gasteiger partial charge in [-0.15, -0.1) is 0 Å². The number of amides is 1. The molecule has 0 saturated carbocycles. The molecule has 0 saturated heterocycles. The van der Waals surface area contributed by atoms with Gasteiger partial charge >= 0.3 is 0 Å². The second-order valence-corrected chi connectivity index (χ2v) is 6.78. The zero-order valence-corrected chi connectivity index (χ0v) is 14.6. The molecule has 22 heavy (non-hydrogen) atoms. The van der Waals surface area contributed by atoms with Crippen molar-refractivity contribution in [3.63, 3.8) is 0 Å². The van der Waals surface area contributed by atoms with Gasteiger partial charge in [-0.05, 0) is 63.1 Å². The van der Waals surface area contributed by atoms with Crippen LogP contribution in [0.5, 0.6) is 0 Å². The van der Waals surface area contributed by atoms with Gasteiger partial charge in [-0.2, -0.15) is 0 Å². The van der Waals surface area contributed by atoms with Crippen LogP contribution in [0.4, 0.5) is 0 Å². The summed E-state index contributed by atoms with van der Waals surface area (Å²) in [4.78, 5) is 19.8. The molecule has 1 aromatic heterocycles. The van der Waals surface area contributed by atoms with Crippen LogP contribution < -0.4 is 0 Å². The van der Waals surface area contributed by atoms with Gasteiger partial charge in [0.15, 0.2) is 0 Å². The van der Waals surface area contributed by atoms with Crippen LogP contribution in [0.3, 0.4) is 0 Å². The zero-order chi connectivity index (χ0) is 16.3. The summed E-state index contributed by atoms with van der Waals surface area (Å²) >= 11 is 1.54. The maximum absolute atomic E-state index is 12.6. The van der Waals surface area contributed by atoms with E-state index in [4.69, 9.17) is 0 Å². The lowest BCUT2D eigenvalue weighted by Gasteiger charge is -2.22. The van der Waals surface area contributed by atoms with Crippen molar-refractivity contribution >= 4 is 17.7 Å². The lowest BCUT2D eigenvalue weighted by atomic mass is 10.1. The third-order valence-electron chi connectivity index (χ3n) is 3.79. The van der Waals surface area contributed by atoms with Gasteiger partial charge in [0.2, 0.25) is 0 Å². The number of rotatable bonds is 4. The first-order valence-electron chi connectivity index (χ1n) is 7.37. The highest BCUT2D eigenvalue weighted by atomic mass is 32.2. The minimum absolute atomic E-state index is 0.00873. The number of nitrogens with zero attached hydrogens (tertiary/aromatic N) is 2. The van der Waals surface area contributed by atoms with Gasteiger partial charge in [-0.3, -0.25) is 4.79 Å². The fourth-order valence-electron chi connectivity index (χ4n) is 1.95. The number of benzene rings is 1. The molecule has 0 aliphatic rings. The van der Waals surface area contributed by atoms with E-state index < -0.39 is 0 Å². The molecule has 0 radical (unpaired) electrons. The summed E-state index contributed by atoms with van der Waals surface area (Å²) in [6.45, 7) is 8.20. The standard InChI is InChI=1S/C18H22N2OS/c1-12(2)20(5)18(21)16-7-6-10-19-17(16)22-15-9-8-13(3)14(4)11-15/h6-12H,1-5H3. The SMILES string of the molecule is Cc1ccc(Sc2ncccc2C(=O)N(C)C(C)C)cc1C. The Hall–Kier alpha value is -1.81. The molecular formula is C18H22N2OS. The Balaban J connectivity index is 2.32. The highest BCUT2D eigenvalue weighted by Crippen LogP contribution is 2.30. The molecule has 1 aromatic carbocycles. The summed E-state index contributed by atoms with van der Waals surface area (Å²) in [6.07, 6.45) is 1.73. The molecule has 0 spiro atoms. The maximum Gasteiger partial charge on any atom is 0.256 e. The normalized spacial score (nSPS) is 10.8. The molecule has 3 nitrogen and oxygen atoms in total. The average molecular weight is 314 g/mol. The number of hydrogen-bond donors (Lipinski definition) is 0. The van der Waals surface area contributed by atoms with Gasteiger partial charge in [-0.25, -0.2) is 4.98 Å². The fourth-order valence-corrected chi connectivity index (χ4v) is 2.92. The minimum atomic E-state index is 0.00873. The topological polar surface area (TPSA) is 33.2 Å². The van der Waals surface area contributed by atoms with Crippen molar-refractivity contribution in [1.29, 1.82) is 0 Å². The minimum Gasteiger partial charge on any atom is -0.339 e. The highest BCUT2D eigenvalue weighted by Gasteiger charge is 2.19. The Morgan fingerprint density at radius 1 is 1.18 bits per heavy atom. The van der Waals surface area contributed by atoms with E-state index in [1.165, 1.54) is 22.9 Å². The molecular weight excluding hydrogens is 292 g/mol. The molecule has 2 aromatic rings. The first-order valence-corrected chi connectivity index (χ1v) is 8.19. The molecule has 0 N–H and O–H groups in total. The molecule has 1 amide bonds. The molecule has 0 aliphatic heterocycles. The highest BCUT2D eigenvalue weighted by molar-refractivity contribution is 7.99. The van der Waals surface area contributed by atoms with E-state index in [-0.39, 0.29) is 11.9 Å². The van der Waals surface area contributed by atoms with Gasteiger partial charge in [0.1, 0.15) is 5.03 Å². The number of aryl methyl sites for hydroxylation is 2. The first-order chi connectivity index (χ1) is 10.4. The lowest BCUT2D eigenvalue weighted by molar-refractivity contribution is 0.0750. The van der Waals surface area contributed by atoms with Crippen LogP contribution in [0.1, 0.15) is 35.3 Å². The second kappa shape index (κ2) is 6.97. The number of pyridine rings is 1. The van der Waals surface area contributed by atoms with Gasteiger partial charge in [0.05, 0.1) is 5.56 Å². The number of aromatic nitrogens is 1. The molecule has 116 valence electrons. The fraction of sp³-hybridized carbons (Fsp3) is 0.333. The third-order valence-corrected chi connectivity index (χ3v) is 4.80. The molecule has 0 aliphatic carbocycles. The number of hydrogen-bond acceptors (Lipinski definition) is 3. The Labute approximate surface area is 136 Å². The Morgan fingerprint density at radius 3 is 2.55 bits per heavy atom. The predicted molar refractivity (Wildman–Crippen MR) is 91.5 cm³/mol. The van der Waals surface area contributed by atoms with E-state index in [9.17, 15) is 4.79 Å². The van der Waals surface area contributed by atoms with E-state index in [2.05, 4.69) is 37.0 Å². The Morgan fingerprint density at radius 2 is 1.91 bits per heavy atom. The summed E-state index contributed by atoms with van der Waals surface area (Å²) in [5, 5.41) is 0.753. The van der Waals surface area contributed by atoms with E-state index in [1.807, 2.05) is 33.0 Å². The van der Waals surface area contributed by atoms with E-state index in [0.717, 1.165) is 9.92 Å². The van der Waals surface area contributed by atoms with E-state index in [0.29, 0.717) is 5.56 Å². The summed E-state index contributed by atoms with van der Waals surface area (Å²) in [5.74, 6) is 0.00873. The summed E-state index contributed by atoms with van der Waals surface area (Å²) in [7, 11) is 1.82. The molecule has 0 bridgehead atoms. The summed E-state index contributed by atoms with van der Waals surface area (Å²) in [6, 6.07) is 10.1. The van der Waals surface area contributed by atoms with Crippen molar-refractivity contribution in [2.24, 2.45) is 0 Å². The Kier molecular flexibility index (Phi) is 5.24.